The van der Waals surface area contributed by atoms with E-state index in [4.69, 9.17) is 0 Å². The highest BCUT2D eigenvalue weighted by molar-refractivity contribution is 7.21. The van der Waals surface area contributed by atoms with Gasteiger partial charge < -0.3 is 10.2 Å². The molecule has 134 valence electrons. The minimum absolute atomic E-state index is 0.0101. The van der Waals surface area contributed by atoms with Crippen LogP contribution < -0.4 is 0 Å². The molecule has 0 aliphatic heterocycles. The van der Waals surface area contributed by atoms with Crippen molar-refractivity contribution in [3.05, 3.63) is 64.5 Å². The normalized spacial score (nSPS) is 12.3. The van der Waals surface area contributed by atoms with E-state index < -0.39 is 5.97 Å². The van der Waals surface area contributed by atoms with Gasteiger partial charge in [0.05, 0.1) is 5.57 Å². The van der Waals surface area contributed by atoms with Gasteiger partial charge in [-0.2, -0.15) is 0 Å². The second kappa shape index (κ2) is 6.64. The van der Waals surface area contributed by atoms with Crippen LogP contribution in [-0.4, -0.2) is 22.5 Å². The van der Waals surface area contributed by atoms with Crippen LogP contribution in [0.15, 0.2) is 48.5 Å². The van der Waals surface area contributed by atoms with Crippen LogP contribution in [-0.2, 0) is 9.59 Å². The smallest absolute Gasteiger partial charge is 0.337 e. The average molecular weight is 394 g/mol. The number of aliphatic carboxylic acids is 1. The Bertz CT molecular complexity index is 1240. The van der Waals surface area contributed by atoms with Gasteiger partial charge in [0.1, 0.15) is 0 Å². The number of aryl methyl sites for hydroxylation is 1. The first kappa shape index (κ1) is 17.5. The number of carbonyl (C=O) groups excluding carboxylic acids is 1. The van der Waals surface area contributed by atoms with Crippen molar-refractivity contribution in [1.82, 2.24) is 0 Å². The van der Waals surface area contributed by atoms with Crippen LogP contribution in [0.4, 0.5) is 0 Å². The third-order valence-corrected chi connectivity index (χ3v) is 6.53. The van der Waals surface area contributed by atoms with Crippen molar-refractivity contribution < 1.29 is 19.8 Å². The molecule has 0 fully saturated rings. The molecule has 0 aliphatic rings. The van der Waals surface area contributed by atoms with Gasteiger partial charge in [0.2, 0.25) is 0 Å². The fourth-order valence-corrected chi connectivity index (χ4v) is 5.40. The lowest BCUT2D eigenvalue weighted by Gasteiger charge is -2.09. The zero-order chi connectivity index (χ0) is 19.1. The van der Waals surface area contributed by atoms with Gasteiger partial charge in [-0.3, -0.25) is 4.79 Å². The first-order valence-electron chi connectivity index (χ1n) is 8.15. The number of fused-ring (bicyclic) bond motifs is 2. The molecule has 2 N–H and O–H groups in total. The van der Waals surface area contributed by atoms with E-state index in [9.17, 15) is 19.8 Å². The lowest BCUT2D eigenvalue weighted by Crippen LogP contribution is -2.05. The summed E-state index contributed by atoms with van der Waals surface area (Å²) in [5.41, 5.74) is 0.709. The zero-order valence-corrected chi connectivity index (χ0v) is 15.9. The number of aromatic hydroxyl groups is 1. The van der Waals surface area contributed by atoms with E-state index in [1.54, 1.807) is 12.1 Å². The molecule has 4 nitrogen and oxygen atoms in total. The number of hydrogen-bond donors (Lipinski definition) is 2. The Labute approximate surface area is 162 Å². The number of rotatable bonds is 4. The summed E-state index contributed by atoms with van der Waals surface area (Å²) in [5.74, 6) is -1.20. The molecule has 2 aromatic heterocycles. The topological polar surface area (TPSA) is 74.6 Å². The van der Waals surface area contributed by atoms with Gasteiger partial charge in [-0.1, -0.05) is 47.7 Å². The van der Waals surface area contributed by atoms with Crippen molar-refractivity contribution in [2.45, 2.75) is 6.92 Å². The standard InChI is InChI=1S/C21H14O4S2/c1-11-17(12-6-2-4-8-15(12)26-11)19(20(23)24)14(10-22)18-13-7-3-5-9-16(13)27-21(18)25/h2-10,25H,1H3,(H,23,24)/b19-14+. The predicted octanol–water partition coefficient (Wildman–Crippen LogP) is 5.32. The van der Waals surface area contributed by atoms with Crippen LogP contribution in [0, 0.1) is 6.92 Å². The van der Waals surface area contributed by atoms with Gasteiger partial charge >= 0.3 is 5.97 Å². The summed E-state index contributed by atoms with van der Waals surface area (Å²) in [5, 5.41) is 21.9. The third kappa shape index (κ3) is 2.74. The summed E-state index contributed by atoms with van der Waals surface area (Å²) in [4.78, 5) is 25.1. The predicted molar refractivity (Wildman–Crippen MR) is 111 cm³/mol. The summed E-state index contributed by atoms with van der Waals surface area (Å²) in [6.45, 7) is 1.84. The van der Waals surface area contributed by atoms with Crippen molar-refractivity contribution in [2.75, 3.05) is 0 Å². The first-order chi connectivity index (χ1) is 13.0. The molecule has 27 heavy (non-hydrogen) atoms. The molecule has 2 aromatic carbocycles. The summed E-state index contributed by atoms with van der Waals surface area (Å²) < 4.78 is 1.74. The summed E-state index contributed by atoms with van der Waals surface area (Å²) in [6.07, 6.45) is 0.531. The maximum Gasteiger partial charge on any atom is 0.337 e. The molecule has 0 unspecified atom stereocenters. The van der Waals surface area contributed by atoms with Gasteiger partial charge in [0.25, 0.3) is 0 Å². The number of thiophene rings is 2. The van der Waals surface area contributed by atoms with Crippen molar-refractivity contribution in [3.8, 4) is 5.06 Å². The Morgan fingerprint density at radius 1 is 0.926 bits per heavy atom. The molecule has 0 amide bonds. The number of carboxylic acids is 1. The quantitative estimate of drug-likeness (QED) is 0.363. The van der Waals surface area contributed by atoms with Crippen LogP contribution in [0.2, 0.25) is 0 Å². The first-order valence-corrected chi connectivity index (χ1v) is 9.78. The van der Waals surface area contributed by atoms with E-state index in [0.29, 0.717) is 17.2 Å². The van der Waals surface area contributed by atoms with Gasteiger partial charge in [-0.25, -0.2) is 4.79 Å². The number of carboxylic acid groups (broad SMARTS) is 1. The van der Waals surface area contributed by atoms with E-state index in [2.05, 4.69) is 0 Å². The second-order valence-electron chi connectivity index (χ2n) is 6.02. The molecular formula is C21H14O4S2. The Morgan fingerprint density at radius 2 is 1.48 bits per heavy atom. The highest BCUT2D eigenvalue weighted by Gasteiger charge is 2.26. The van der Waals surface area contributed by atoms with Gasteiger partial charge in [-0.15, -0.1) is 11.3 Å². The lowest BCUT2D eigenvalue weighted by atomic mass is 9.93. The van der Waals surface area contributed by atoms with Gasteiger partial charge in [0.15, 0.2) is 11.3 Å². The fourth-order valence-electron chi connectivity index (χ4n) is 3.37. The molecule has 2 heterocycles. The summed E-state index contributed by atoms with van der Waals surface area (Å²) in [7, 11) is 0. The minimum atomic E-state index is -1.20. The fraction of sp³-hybridized carbons (Fsp3) is 0.0476. The highest BCUT2D eigenvalue weighted by atomic mass is 32.1. The SMILES string of the molecule is Cc1sc2ccccc2c1/C(C(=O)O)=C(/C=O)c1c(O)sc2ccccc12. The van der Waals surface area contributed by atoms with E-state index in [1.165, 1.54) is 11.3 Å². The highest BCUT2D eigenvalue weighted by Crippen LogP contribution is 2.44. The number of hydrogen-bond acceptors (Lipinski definition) is 5. The monoisotopic (exact) mass is 394 g/mol. The average Bonchev–Trinajstić information content (AvgIpc) is 3.15. The number of allylic oxidation sites excluding steroid dienone is 1. The van der Waals surface area contributed by atoms with E-state index in [-0.39, 0.29) is 21.8 Å². The van der Waals surface area contributed by atoms with Crippen LogP contribution in [0.1, 0.15) is 16.0 Å². The van der Waals surface area contributed by atoms with Crippen LogP contribution in [0.5, 0.6) is 5.06 Å². The molecule has 0 radical (unpaired) electrons. The van der Waals surface area contributed by atoms with E-state index in [1.807, 2.05) is 43.3 Å². The molecule has 0 atom stereocenters. The van der Waals surface area contributed by atoms with Gasteiger partial charge in [0, 0.05) is 41.7 Å². The zero-order valence-electron chi connectivity index (χ0n) is 14.2. The van der Waals surface area contributed by atoms with Crippen molar-refractivity contribution >= 4 is 66.2 Å². The molecule has 4 aromatic rings. The Morgan fingerprint density at radius 3 is 2.07 bits per heavy atom. The largest absolute Gasteiger partial charge is 0.499 e. The van der Waals surface area contributed by atoms with E-state index in [0.717, 1.165) is 31.0 Å². The number of aldehydes is 1. The maximum absolute atomic E-state index is 12.2. The second-order valence-corrected chi connectivity index (χ2v) is 8.31. The Kier molecular flexibility index (Phi) is 4.30. The molecule has 0 saturated heterocycles. The van der Waals surface area contributed by atoms with Gasteiger partial charge in [-0.05, 0) is 19.1 Å². The summed E-state index contributed by atoms with van der Waals surface area (Å²) in [6, 6.07) is 14.8. The molecule has 0 saturated carbocycles. The Hall–Kier alpha value is -2.96. The molecule has 4 rings (SSSR count). The van der Waals surface area contributed by atoms with Crippen molar-refractivity contribution in [2.24, 2.45) is 0 Å². The molecule has 6 heteroatoms. The van der Waals surface area contributed by atoms with Crippen molar-refractivity contribution in [3.63, 3.8) is 0 Å². The summed E-state index contributed by atoms with van der Waals surface area (Å²) >= 11 is 2.61. The third-order valence-electron chi connectivity index (χ3n) is 4.47. The van der Waals surface area contributed by atoms with Crippen molar-refractivity contribution in [1.29, 1.82) is 0 Å². The molecule has 0 aliphatic carbocycles. The minimum Gasteiger partial charge on any atom is -0.499 e. The van der Waals surface area contributed by atoms with Crippen LogP contribution in [0.3, 0.4) is 0 Å². The number of benzene rings is 2. The van der Waals surface area contributed by atoms with Crippen LogP contribution >= 0.6 is 22.7 Å². The van der Waals surface area contributed by atoms with E-state index >= 15 is 0 Å². The molecule has 0 bridgehead atoms. The number of carbonyl (C=O) groups is 2. The molecular weight excluding hydrogens is 380 g/mol. The maximum atomic E-state index is 12.2. The van der Waals surface area contributed by atoms with Crippen LogP contribution in [0.25, 0.3) is 31.3 Å². The Balaban J connectivity index is 2.14. The lowest BCUT2D eigenvalue weighted by molar-refractivity contribution is -0.130. The molecule has 0 spiro atoms.